The molecule has 0 unspecified atom stereocenters. The Hall–Kier alpha value is -2.16. The Labute approximate surface area is 149 Å². The van der Waals surface area contributed by atoms with E-state index in [1.54, 1.807) is 12.1 Å². The third-order valence-corrected chi connectivity index (χ3v) is 4.12. The molecule has 0 radical (unpaired) electrons. The summed E-state index contributed by atoms with van der Waals surface area (Å²) in [6, 6.07) is 11.4. The summed E-state index contributed by atoms with van der Waals surface area (Å²) >= 11 is 0. The molecule has 0 saturated heterocycles. The number of rotatable bonds is 9. The van der Waals surface area contributed by atoms with Gasteiger partial charge in [0.15, 0.2) is 11.6 Å². The Bertz CT molecular complexity index is 690. The minimum Gasteiger partial charge on any atom is -0.462 e. The first kappa shape index (κ1) is 19.2. The summed E-state index contributed by atoms with van der Waals surface area (Å²) in [6.45, 7) is 4.19. The lowest BCUT2D eigenvalue weighted by Crippen LogP contribution is -2.00. The van der Waals surface area contributed by atoms with Gasteiger partial charge in [-0.05, 0) is 54.5 Å². The van der Waals surface area contributed by atoms with Gasteiger partial charge in [-0.2, -0.15) is 4.39 Å². The predicted octanol–water partition coefficient (Wildman–Crippen LogP) is 6.40. The average molecular weight is 344 g/mol. The number of ether oxygens (including phenoxy) is 1. The SMILES string of the molecule is CCC/C=C/Oc1ccc(CCc2ccc(CCC)cc2)c(F)c1F. The largest absolute Gasteiger partial charge is 0.462 e. The molecule has 0 aliphatic heterocycles. The molecule has 0 heterocycles. The highest BCUT2D eigenvalue weighted by Gasteiger charge is 2.14. The highest BCUT2D eigenvalue weighted by molar-refractivity contribution is 5.32. The van der Waals surface area contributed by atoms with E-state index in [4.69, 9.17) is 4.74 Å². The Kier molecular flexibility index (Phi) is 7.65. The first-order valence-electron chi connectivity index (χ1n) is 9.02. The zero-order valence-corrected chi connectivity index (χ0v) is 15.0. The average Bonchev–Trinajstić information content (AvgIpc) is 2.63. The molecule has 0 N–H and O–H groups in total. The van der Waals surface area contributed by atoms with Crippen molar-refractivity contribution in [1.82, 2.24) is 0 Å². The Morgan fingerprint density at radius 1 is 0.800 bits per heavy atom. The summed E-state index contributed by atoms with van der Waals surface area (Å²) in [4.78, 5) is 0. The van der Waals surface area contributed by atoms with Gasteiger partial charge in [-0.25, -0.2) is 4.39 Å². The Balaban J connectivity index is 1.99. The number of hydrogen-bond acceptors (Lipinski definition) is 1. The van der Waals surface area contributed by atoms with Gasteiger partial charge in [0.05, 0.1) is 6.26 Å². The highest BCUT2D eigenvalue weighted by atomic mass is 19.2. The first-order valence-corrected chi connectivity index (χ1v) is 9.02. The number of aryl methyl sites for hydroxylation is 3. The van der Waals surface area contributed by atoms with Crippen molar-refractivity contribution in [3.05, 3.63) is 77.1 Å². The molecule has 0 atom stereocenters. The molecule has 2 aromatic rings. The topological polar surface area (TPSA) is 9.23 Å². The van der Waals surface area contributed by atoms with E-state index in [9.17, 15) is 8.78 Å². The van der Waals surface area contributed by atoms with Crippen molar-refractivity contribution < 1.29 is 13.5 Å². The van der Waals surface area contributed by atoms with Gasteiger partial charge in [-0.3, -0.25) is 0 Å². The molecule has 134 valence electrons. The quantitative estimate of drug-likeness (QED) is 0.479. The fourth-order valence-electron chi connectivity index (χ4n) is 2.65. The van der Waals surface area contributed by atoms with Crippen molar-refractivity contribution in [2.24, 2.45) is 0 Å². The molecule has 0 aliphatic rings. The van der Waals surface area contributed by atoms with Gasteiger partial charge in [0, 0.05) is 0 Å². The van der Waals surface area contributed by atoms with E-state index in [0.717, 1.165) is 31.2 Å². The normalized spacial score (nSPS) is 11.2. The van der Waals surface area contributed by atoms with Gasteiger partial charge < -0.3 is 4.74 Å². The maximum absolute atomic E-state index is 14.2. The smallest absolute Gasteiger partial charge is 0.201 e. The predicted molar refractivity (Wildman–Crippen MR) is 98.9 cm³/mol. The molecule has 0 fully saturated rings. The molecular weight excluding hydrogens is 318 g/mol. The van der Waals surface area contributed by atoms with Crippen LogP contribution in [0.15, 0.2) is 48.7 Å². The number of halogens is 2. The second-order valence-electron chi connectivity index (χ2n) is 6.20. The van der Waals surface area contributed by atoms with E-state index in [1.807, 2.05) is 6.92 Å². The van der Waals surface area contributed by atoms with Crippen molar-refractivity contribution in [2.75, 3.05) is 0 Å². The van der Waals surface area contributed by atoms with E-state index in [2.05, 4.69) is 31.2 Å². The third kappa shape index (κ3) is 5.70. The van der Waals surface area contributed by atoms with Crippen molar-refractivity contribution in [1.29, 1.82) is 0 Å². The maximum Gasteiger partial charge on any atom is 0.201 e. The van der Waals surface area contributed by atoms with Gasteiger partial charge in [0.25, 0.3) is 0 Å². The summed E-state index contributed by atoms with van der Waals surface area (Å²) in [5.41, 5.74) is 2.81. The molecule has 0 aliphatic carbocycles. The van der Waals surface area contributed by atoms with E-state index < -0.39 is 11.6 Å². The summed E-state index contributed by atoms with van der Waals surface area (Å²) in [5, 5.41) is 0. The fourth-order valence-corrected chi connectivity index (χ4v) is 2.65. The van der Waals surface area contributed by atoms with Crippen LogP contribution in [-0.4, -0.2) is 0 Å². The fraction of sp³-hybridized carbons (Fsp3) is 0.364. The monoisotopic (exact) mass is 344 g/mol. The van der Waals surface area contributed by atoms with Crippen LogP contribution >= 0.6 is 0 Å². The van der Waals surface area contributed by atoms with Crippen LogP contribution in [0.1, 0.15) is 49.8 Å². The molecule has 0 spiro atoms. The van der Waals surface area contributed by atoms with Crippen molar-refractivity contribution in [2.45, 2.75) is 52.4 Å². The first-order chi connectivity index (χ1) is 12.2. The number of allylic oxidation sites excluding steroid dienone is 1. The van der Waals surface area contributed by atoms with Crippen LogP contribution in [0, 0.1) is 11.6 Å². The number of unbranched alkanes of at least 4 members (excludes halogenated alkanes) is 1. The van der Waals surface area contributed by atoms with E-state index in [1.165, 1.54) is 17.9 Å². The van der Waals surface area contributed by atoms with Crippen LogP contribution < -0.4 is 4.74 Å². The van der Waals surface area contributed by atoms with Gasteiger partial charge >= 0.3 is 0 Å². The van der Waals surface area contributed by atoms with Gasteiger partial charge in [0.2, 0.25) is 5.82 Å². The second-order valence-corrected chi connectivity index (χ2v) is 6.20. The van der Waals surface area contributed by atoms with Gasteiger partial charge in [0.1, 0.15) is 0 Å². The van der Waals surface area contributed by atoms with Crippen LogP contribution in [0.4, 0.5) is 8.78 Å². The minimum absolute atomic E-state index is 0.0717. The zero-order valence-electron chi connectivity index (χ0n) is 15.0. The minimum atomic E-state index is -0.919. The maximum atomic E-state index is 14.2. The van der Waals surface area contributed by atoms with Crippen LogP contribution in [0.2, 0.25) is 0 Å². The third-order valence-electron chi connectivity index (χ3n) is 4.12. The van der Waals surface area contributed by atoms with Crippen LogP contribution in [-0.2, 0) is 19.3 Å². The van der Waals surface area contributed by atoms with E-state index >= 15 is 0 Å². The van der Waals surface area contributed by atoms with Gasteiger partial charge in [-0.15, -0.1) is 0 Å². The van der Waals surface area contributed by atoms with Crippen molar-refractivity contribution >= 4 is 0 Å². The van der Waals surface area contributed by atoms with E-state index in [0.29, 0.717) is 18.4 Å². The van der Waals surface area contributed by atoms with Crippen LogP contribution in [0.5, 0.6) is 5.75 Å². The van der Waals surface area contributed by atoms with Crippen molar-refractivity contribution in [3.63, 3.8) is 0 Å². The lowest BCUT2D eigenvalue weighted by Gasteiger charge is -2.08. The number of hydrogen-bond donors (Lipinski definition) is 0. The molecular formula is C22H26F2O. The van der Waals surface area contributed by atoms with Crippen LogP contribution in [0.3, 0.4) is 0 Å². The van der Waals surface area contributed by atoms with Crippen LogP contribution in [0.25, 0.3) is 0 Å². The zero-order chi connectivity index (χ0) is 18.1. The second kappa shape index (κ2) is 9.97. The lowest BCUT2D eigenvalue weighted by molar-refractivity contribution is 0.410. The molecule has 2 rings (SSSR count). The van der Waals surface area contributed by atoms with Gasteiger partial charge in [-0.1, -0.05) is 57.0 Å². The molecule has 0 aromatic heterocycles. The standard InChI is InChI=1S/C22H26F2O/c1-3-5-6-16-25-20-15-14-19(21(23)22(20)24)13-12-18-10-8-17(7-4-2)9-11-18/h6,8-11,14-16H,3-5,7,12-13H2,1-2H3/b16-6+. The van der Waals surface area contributed by atoms with Crippen molar-refractivity contribution in [3.8, 4) is 5.75 Å². The molecule has 1 nitrogen and oxygen atoms in total. The number of benzene rings is 2. The molecule has 25 heavy (non-hydrogen) atoms. The molecule has 2 aromatic carbocycles. The lowest BCUT2D eigenvalue weighted by atomic mass is 10.0. The summed E-state index contributed by atoms with van der Waals surface area (Å²) in [6.07, 6.45) is 8.36. The summed E-state index contributed by atoms with van der Waals surface area (Å²) < 4.78 is 33.5. The Morgan fingerprint density at radius 2 is 1.48 bits per heavy atom. The summed E-state index contributed by atoms with van der Waals surface area (Å²) in [5.74, 6) is -1.81. The molecule has 0 bridgehead atoms. The summed E-state index contributed by atoms with van der Waals surface area (Å²) in [7, 11) is 0. The van der Waals surface area contributed by atoms with E-state index in [-0.39, 0.29) is 5.75 Å². The Morgan fingerprint density at radius 3 is 2.12 bits per heavy atom. The molecule has 0 amide bonds. The molecule has 3 heteroatoms. The molecule has 0 saturated carbocycles. The highest BCUT2D eigenvalue weighted by Crippen LogP contribution is 2.24.